The maximum Gasteiger partial charge on any atom is 0.233 e. The van der Waals surface area contributed by atoms with Gasteiger partial charge in [-0.15, -0.1) is 10.2 Å². The molecular formula is C23H31N5O3S2. The summed E-state index contributed by atoms with van der Waals surface area (Å²) in [6, 6.07) is 8.29. The van der Waals surface area contributed by atoms with E-state index >= 15 is 0 Å². The Morgan fingerprint density at radius 2 is 1.79 bits per heavy atom. The zero-order valence-corrected chi connectivity index (χ0v) is 20.7. The Kier molecular flexibility index (Phi) is 6.39. The molecule has 2 aromatic rings. The fourth-order valence-corrected chi connectivity index (χ4v) is 7.36. The van der Waals surface area contributed by atoms with Crippen LogP contribution in [0.15, 0.2) is 29.4 Å². The number of thioether (sulfide) groups is 1. The van der Waals surface area contributed by atoms with Gasteiger partial charge in [0.05, 0.1) is 22.9 Å². The van der Waals surface area contributed by atoms with Gasteiger partial charge in [-0.1, -0.05) is 29.5 Å². The van der Waals surface area contributed by atoms with E-state index in [2.05, 4.69) is 50.9 Å². The van der Waals surface area contributed by atoms with E-state index in [0.717, 1.165) is 50.4 Å². The number of anilines is 1. The van der Waals surface area contributed by atoms with Crippen LogP contribution in [0.5, 0.6) is 0 Å². The van der Waals surface area contributed by atoms with Gasteiger partial charge in [0.15, 0.2) is 15.0 Å². The van der Waals surface area contributed by atoms with E-state index in [1.165, 1.54) is 23.7 Å². The number of hydrogen-bond acceptors (Lipinski definition) is 7. The van der Waals surface area contributed by atoms with Crippen molar-refractivity contribution in [1.29, 1.82) is 0 Å². The van der Waals surface area contributed by atoms with Crippen molar-refractivity contribution in [3.63, 3.8) is 0 Å². The van der Waals surface area contributed by atoms with Crippen LogP contribution in [0.3, 0.4) is 0 Å². The van der Waals surface area contributed by atoms with E-state index in [4.69, 9.17) is 0 Å². The first-order valence-corrected chi connectivity index (χ1v) is 14.6. The molecule has 10 heteroatoms. The van der Waals surface area contributed by atoms with Crippen molar-refractivity contribution < 1.29 is 13.2 Å². The second-order valence-corrected chi connectivity index (χ2v) is 12.6. The van der Waals surface area contributed by atoms with E-state index in [0.29, 0.717) is 11.6 Å². The van der Waals surface area contributed by atoms with Gasteiger partial charge in [-0.25, -0.2) is 8.42 Å². The number of aryl methyl sites for hydroxylation is 1. The normalized spacial score (nSPS) is 22.5. The Balaban J connectivity index is 1.37. The summed E-state index contributed by atoms with van der Waals surface area (Å²) < 4.78 is 26.1. The fraction of sp³-hybridized carbons (Fsp3) is 0.609. The number of sulfone groups is 1. The van der Waals surface area contributed by atoms with Crippen LogP contribution in [0.1, 0.15) is 44.1 Å². The molecule has 8 nitrogen and oxygen atoms in total. The number of nitrogens with zero attached hydrogens (tertiary/aromatic N) is 5. The molecule has 2 aliphatic heterocycles. The Bertz CT molecular complexity index is 1110. The molecule has 0 radical (unpaired) electrons. The summed E-state index contributed by atoms with van der Waals surface area (Å²) in [7, 11) is -3.03. The van der Waals surface area contributed by atoms with E-state index in [1.807, 2.05) is 4.90 Å². The number of carbonyl (C=O) groups is 1. The highest BCUT2D eigenvalue weighted by Crippen LogP contribution is 2.34. The van der Waals surface area contributed by atoms with Gasteiger partial charge < -0.3 is 9.80 Å². The minimum absolute atomic E-state index is 0.00239. The van der Waals surface area contributed by atoms with Crippen molar-refractivity contribution in [2.24, 2.45) is 0 Å². The minimum atomic E-state index is -3.03. The van der Waals surface area contributed by atoms with Gasteiger partial charge in [0.1, 0.15) is 0 Å². The molecule has 3 fully saturated rings. The molecule has 0 spiro atoms. The maximum atomic E-state index is 13.2. The molecule has 1 saturated carbocycles. The summed E-state index contributed by atoms with van der Waals surface area (Å²) in [5.41, 5.74) is 2.17. The molecule has 1 aliphatic carbocycles. The molecule has 1 aromatic carbocycles. The molecule has 3 heterocycles. The second kappa shape index (κ2) is 9.29. The van der Waals surface area contributed by atoms with Crippen molar-refractivity contribution in [3.8, 4) is 5.69 Å². The van der Waals surface area contributed by atoms with Crippen molar-refractivity contribution in [1.82, 2.24) is 19.7 Å². The summed E-state index contributed by atoms with van der Waals surface area (Å²) in [5, 5.41) is 9.69. The maximum absolute atomic E-state index is 13.2. The van der Waals surface area contributed by atoms with Crippen LogP contribution in [0.2, 0.25) is 0 Å². The predicted molar refractivity (Wildman–Crippen MR) is 130 cm³/mol. The highest BCUT2D eigenvalue weighted by atomic mass is 32.2. The first-order chi connectivity index (χ1) is 15.9. The first kappa shape index (κ1) is 22.7. The van der Waals surface area contributed by atoms with Gasteiger partial charge in [-0.3, -0.25) is 9.36 Å². The summed E-state index contributed by atoms with van der Waals surface area (Å²) in [6.45, 7) is 3.98. The van der Waals surface area contributed by atoms with Crippen LogP contribution >= 0.6 is 11.8 Å². The Morgan fingerprint density at radius 1 is 1.06 bits per heavy atom. The average molecular weight is 490 g/mol. The van der Waals surface area contributed by atoms with Gasteiger partial charge in [-0.2, -0.15) is 0 Å². The monoisotopic (exact) mass is 489 g/mol. The van der Waals surface area contributed by atoms with E-state index in [1.54, 1.807) is 0 Å². The smallest absolute Gasteiger partial charge is 0.233 e. The zero-order valence-electron chi connectivity index (χ0n) is 19.0. The van der Waals surface area contributed by atoms with Crippen LogP contribution in [0.25, 0.3) is 5.69 Å². The number of rotatable bonds is 7. The van der Waals surface area contributed by atoms with Crippen molar-refractivity contribution in [2.45, 2.75) is 62.7 Å². The molecule has 1 atom stereocenters. The average Bonchev–Trinajstić information content (AvgIpc) is 3.44. The third kappa shape index (κ3) is 5.06. The topological polar surface area (TPSA) is 88.4 Å². The lowest BCUT2D eigenvalue weighted by molar-refractivity contribution is -0.130. The summed E-state index contributed by atoms with van der Waals surface area (Å²) in [5.74, 6) is 1.34. The molecule has 3 aliphatic rings. The van der Waals surface area contributed by atoms with Gasteiger partial charge in [0, 0.05) is 25.2 Å². The summed E-state index contributed by atoms with van der Waals surface area (Å²) >= 11 is 1.39. The van der Waals surface area contributed by atoms with Crippen molar-refractivity contribution in [3.05, 3.63) is 29.8 Å². The highest BCUT2D eigenvalue weighted by Gasteiger charge is 2.42. The van der Waals surface area contributed by atoms with Crippen LogP contribution in [0.4, 0.5) is 5.95 Å². The minimum Gasteiger partial charge on any atom is -0.341 e. The molecule has 1 amide bonds. The fourth-order valence-electron chi connectivity index (χ4n) is 4.83. The van der Waals surface area contributed by atoms with Gasteiger partial charge in [0.25, 0.3) is 0 Å². The lowest BCUT2D eigenvalue weighted by Crippen LogP contribution is -2.43. The van der Waals surface area contributed by atoms with Gasteiger partial charge in [0.2, 0.25) is 11.9 Å². The predicted octanol–water partition coefficient (Wildman–Crippen LogP) is 2.84. The van der Waals surface area contributed by atoms with E-state index < -0.39 is 9.84 Å². The van der Waals surface area contributed by atoms with Crippen LogP contribution in [-0.4, -0.2) is 76.4 Å². The molecule has 0 bridgehead atoms. The van der Waals surface area contributed by atoms with Crippen LogP contribution in [-0.2, 0) is 14.6 Å². The third-order valence-corrected chi connectivity index (χ3v) is 9.37. The molecule has 5 rings (SSSR count). The number of carbonyl (C=O) groups excluding carboxylic acids is 1. The molecule has 33 heavy (non-hydrogen) atoms. The molecule has 0 unspecified atom stereocenters. The number of hydrogen-bond donors (Lipinski definition) is 0. The number of aromatic nitrogens is 3. The Labute approximate surface area is 199 Å². The van der Waals surface area contributed by atoms with Gasteiger partial charge >= 0.3 is 0 Å². The highest BCUT2D eigenvalue weighted by molar-refractivity contribution is 7.99. The van der Waals surface area contributed by atoms with Crippen LogP contribution < -0.4 is 4.90 Å². The zero-order chi connectivity index (χ0) is 23.0. The molecule has 0 N–H and O–H groups in total. The molecular weight excluding hydrogens is 458 g/mol. The summed E-state index contributed by atoms with van der Waals surface area (Å²) in [6.07, 6.45) is 6.00. The van der Waals surface area contributed by atoms with E-state index in [9.17, 15) is 13.2 Å². The van der Waals surface area contributed by atoms with Crippen molar-refractivity contribution in [2.75, 3.05) is 35.2 Å². The van der Waals surface area contributed by atoms with E-state index in [-0.39, 0.29) is 35.2 Å². The largest absolute Gasteiger partial charge is 0.341 e. The number of benzene rings is 1. The second-order valence-electron chi connectivity index (χ2n) is 9.38. The summed E-state index contributed by atoms with van der Waals surface area (Å²) in [4.78, 5) is 17.4. The molecule has 2 saturated heterocycles. The third-order valence-electron chi connectivity index (χ3n) is 6.70. The Morgan fingerprint density at radius 3 is 2.42 bits per heavy atom. The van der Waals surface area contributed by atoms with Gasteiger partial charge in [-0.05, 0) is 57.6 Å². The molecule has 178 valence electrons. The lowest BCUT2D eigenvalue weighted by Gasteiger charge is -2.28. The first-order valence-electron chi connectivity index (χ1n) is 11.8. The van der Waals surface area contributed by atoms with Crippen molar-refractivity contribution >= 4 is 33.5 Å². The number of amides is 1. The number of piperidine rings is 1. The van der Waals surface area contributed by atoms with Crippen LogP contribution in [0, 0.1) is 6.92 Å². The standard InChI is InChI=1S/C23H31N5O3S2/c1-17-5-7-19(8-6-17)28-22(26-12-3-2-4-13-26)24-25-23(28)32-15-21(29)27(18-9-10-18)20-11-14-33(30,31)16-20/h5-8,18,20H,2-4,9-16H2,1H3/t20-/m0/s1. The lowest BCUT2D eigenvalue weighted by atomic mass is 10.1. The SMILES string of the molecule is Cc1ccc(-n2c(SCC(=O)N(C3CC3)[C@H]3CCS(=O)(=O)C3)nnc2N2CCCCC2)cc1. The molecule has 1 aromatic heterocycles. The quantitative estimate of drug-likeness (QED) is 0.553. The Hall–Kier alpha value is -2.07.